The maximum absolute atomic E-state index is 12.6. The molecule has 2 aromatic heterocycles. The number of piperazine rings is 1. The molecule has 0 spiro atoms. The lowest BCUT2D eigenvalue weighted by Crippen LogP contribution is -2.46. The SMILES string of the molecule is O=c1cc(CN2CC3CC(C2)c2cccc(=O)n2C3)oc(CN2CCN(c3ccccc3)CC2)c1O. The quantitative estimate of drug-likeness (QED) is 0.591. The molecule has 1 aromatic carbocycles. The first-order valence-corrected chi connectivity index (χ1v) is 12.8. The second-order valence-electron chi connectivity index (χ2n) is 10.3. The minimum Gasteiger partial charge on any atom is -0.502 e. The van der Waals surface area contributed by atoms with Gasteiger partial charge in [-0.15, -0.1) is 0 Å². The van der Waals surface area contributed by atoms with Crippen molar-refractivity contribution in [1.82, 2.24) is 14.4 Å². The normalized spacial score (nSPS) is 22.4. The minimum absolute atomic E-state index is 0.0782. The number of hydrogen-bond acceptors (Lipinski definition) is 7. The van der Waals surface area contributed by atoms with E-state index in [1.54, 1.807) is 6.07 Å². The van der Waals surface area contributed by atoms with Crippen LogP contribution in [0.15, 0.2) is 68.6 Å². The molecule has 36 heavy (non-hydrogen) atoms. The highest BCUT2D eigenvalue weighted by atomic mass is 16.4. The molecule has 2 bridgehead atoms. The lowest BCUT2D eigenvalue weighted by atomic mass is 9.83. The van der Waals surface area contributed by atoms with Gasteiger partial charge in [0.25, 0.3) is 5.56 Å². The number of aromatic hydroxyl groups is 1. The number of fused-ring (bicyclic) bond motifs is 4. The Bertz CT molecular complexity index is 1340. The first-order chi connectivity index (χ1) is 17.5. The van der Waals surface area contributed by atoms with Gasteiger partial charge < -0.3 is 19.0 Å². The fourth-order valence-electron chi connectivity index (χ4n) is 6.12. The van der Waals surface area contributed by atoms with Crippen molar-refractivity contribution >= 4 is 5.69 Å². The number of piperidine rings is 1. The Hall–Kier alpha value is -3.36. The molecule has 0 aliphatic carbocycles. The number of hydrogen-bond donors (Lipinski definition) is 1. The summed E-state index contributed by atoms with van der Waals surface area (Å²) < 4.78 is 8.04. The monoisotopic (exact) mass is 488 g/mol. The molecule has 8 heteroatoms. The highest BCUT2D eigenvalue weighted by molar-refractivity contribution is 5.46. The molecule has 6 rings (SSSR count). The van der Waals surface area contributed by atoms with E-state index < -0.39 is 0 Å². The molecular weight excluding hydrogens is 456 g/mol. The molecule has 188 valence electrons. The van der Waals surface area contributed by atoms with Crippen LogP contribution in [0.2, 0.25) is 0 Å². The Morgan fingerprint density at radius 2 is 1.67 bits per heavy atom. The summed E-state index contributed by atoms with van der Waals surface area (Å²) >= 11 is 0. The molecule has 0 radical (unpaired) electrons. The zero-order valence-corrected chi connectivity index (χ0v) is 20.4. The predicted molar refractivity (Wildman–Crippen MR) is 137 cm³/mol. The van der Waals surface area contributed by atoms with Gasteiger partial charge in [0.1, 0.15) is 5.76 Å². The lowest BCUT2D eigenvalue weighted by Gasteiger charge is -2.42. The maximum atomic E-state index is 12.6. The van der Waals surface area contributed by atoms with Gasteiger partial charge in [-0.05, 0) is 30.5 Å². The van der Waals surface area contributed by atoms with E-state index in [-0.39, 0.29) is 16.7 Å². The molecule has 2 atom stereocenters. The maximum Gasteiger partial charge on any atom is 0.250 e. The number of likely N-dealkylation sites (tertiary alicyclic amines) is 1. The van der Waals surface area contributed by atoms with Gasteiger partial charge in [-0.1, -0.05) is 24.3 Å². The van der Waals surface area contributed by atoms with Gasteiger partial charge in [0, 0.05) is 75.2 Å². The number of para-hydroxylation sites is 1. The van der Waals surface area contributed by atoms with Crippen molar-refractivity contribution in [3.05, 3.63) is 92.4 Å². The summed E-state index contributed by atoms with van der Waals surface area (Å²) in [7, 11) is 0. The summed E-state index contributed by atoms with van der Waals surface area (Å²) in [6.45, 7) is 6.79. The summed E-state index contributed by atoms with van der Waals surface area (Å²) in [5.74, 6) is 1.35. The Kier molecular flexibility index (Phi) is 6.15. The van der Waals surface area contributed by atoms with Crippen LogP contribution in [0.3, 0.4) is 0 Å². The van der Waals surface area contributed by atoms with Crippen LogP contribution in [-0.2, 0) is 19.6 Å². The van der Waals surface area contributed by atoms with E-state index in [2.05, 4.69) is 32.9 Å². The van der Waals surface area contributed by atoms with Crippen molar-refractivity contribution in [2.75, 3.05) is 44.2 Å². The summed E-state index contributed by atoms with van der Waals surface area (Å²) in [4.78, 5) is 31.8. The molecule has 3 aliphatic rings. The zero-order chi connectivity index (χ0) is 24.6. The molecule has 2 fully saturated rings. The van der Waals surface area contributed by atoms with Crippen molar-refractivity contribution in [2.45, 2.75) is 32.0 Å². The number of anilines is 1. The van der Waals surface area contributed by atoms with Gasteiger partial charge in [0.2, 0.25) is 11.2 Å². The topological polar surface area (TPSA) is 82.2 Å². The van der Waals surface area contributed by atoms with Crippen LogP contribution in [-0.4, -0.2) is 58.7 Å². The lowest BCUT2D eigenvalue weighted by molar-refractivity contribution is 0.105. The number of benzene rings is 1. The molecule has 3 aliphatic heterocycles. The Balaban J connectivity index is 1.13. The van der Waals surface area contributed by atoms with Crippen molar-refractivity contribution in [1.29, 1.82) is 0 Å². The highest BCUT2D eigenvalue weighted by Gasteiger charge is 2.34. The van der Waals surface area contributed by atoms with E-state index in [1.807, 2.05) is 28.8 Å². The van der Waals surface area contributed by atoms with Gasteiger partial charge in [-0.3, -0.25) is 19.4 Å². The molecule has 2 saturated heterocycles. The largest absolute Gasteiger partial charge is 0.502 e. The van der Waals surface area contributed by atoms with Crippen LogP contribution in [0.25, 0.3) is 0 Å². The fourth-order valence-corrected chi connectivity index (χ4v) is 6.12. The third-order valence-corrected chi connectivity index (χ3v) is 7.84. The van der Waals surface area contributed by atoms with Crippen LogP contribution in [0.4, 0.5) is 5.69 Å². The van der Waals surface area contributed by atoms with Crippen LogP contribution >= 0.6 is 0 Å². The molecular formula is C28H32N4O4. The van der Waals surface area contributed by atoms with E-state index in [1.165, 1.54) is 11.8 Å². The molecule has 0 saturated carbocycles. The van der Waals surface area contributed by atoms with Gasteiger partial charge in [0.15, 0.2) is 5.76 Å². The summed E-state index contributed by atoms with van der Waals surface area (Å²) in [5, 5.41) is 10.5. The molecule has 8 nitrogen and oxygen atoms in total. The fraction of sp³-hybridized carbons (Fsp3) is 0.429. The van der Waals surface area contributed by atoms with E-state index in [4.69, 9.17) is 4.42 Å². The third-order valence-electron chi connectivity index (χ3n) is 7.84. The van der Waals surface area contributed by atoms with Crippen LogP contribution in [0, 0.1) is 5.92 Å². The van der Waals surface area contributed by atoms with Crippen molar-refractivity contribution in [2.24, 2.45) is 5.92 Å². The van der Waals surface area contributed by atoms with Crippen LogP contribution in [0.5, 0.6) is 5.75 Å². The van der Waals surface area contributed by atoms with Gasteiger partial charge >= 0.3 is 0 Å². The number of aromatic nitrogens is 1. The van der Waals surface area contributed by atoms with Crippen LogP contribution < -0.4 is 15.9 Å². The minimum atomic E-state index is -0.386. The smallest absolute Gasteiger partial charge is 0.250 e. The first kappa shape index (κ1) is 23.1. The van der Waals surface area contributed by atoms with Crippen molar-refractivity contribution in [3.63, 3.8) is 0 Å². The third kappa shape index (κ3) is 4.58. The van der Waals surface area contributed by atoms with E-state index >= 15 is 0 Å². The second-order valence-corrected chi connectivity index (χ2v) is 10.3. The molecule has 3 aromatic rings. The summed E-state index contributed by atoms with van der Waals surface area (Å²) in [6.07, 6.45) is 1.08. The first-order valence-electron chi connectivity index (χ1n) is 12.8. The van der Waals surface area contributed by atoms with Gasteiger partial charge in [-0.2, -0.15) is 0 Å². The number of nitrogens with zero attached hydrogens (tertiary/aromatic N) is 4. The molecule has 2 unspecified atom stereocenters. The average Bonchev–Trinajstić information content (AvgIpc) is 2.89. The van der Waals surface area contributed by atoms with Crippen LogP contribution in [0.1, 0.15) is 29.6 Å². The summed E-state index contributed by atoms with van der Waals surface area (Å²) in [6, 6.07) is 17.3. The Morgan fingerprint density at radius 3 is 2.47 bits per heavy atom. The zero-order valence-electron chi connectivity index (χ0n) is 20.4. The van der Waals surface area contributed by atoms with Crippen molar-refractivity contribution < 1.29 is 9.52 Å². The summed E-state index contributed by atoms with van der Waals surface area (Å²) in [5.41, 5.74) is 2.01. The number of pyridine rings is 1. The Labute approximate surface area is 210 Å². The van der Waals surface area contributed by atoms with Gasteiger partial charge in [-0.25, -0.2) is 0 Å². The molecule has 1 N–H and O–H groups in total. The van der Waals surface area contributed by atoms with Gasteiger partial charge in [0.05, 0.1) is 13.1 Å². The second kappa shape index (κ2) is 9.59. The predicted octanol–water partition coefficient (Wildman–Crippen LogP) is 2.45. The highest BCUT2D eigenvalue weighted by Crippen LogP contribution is 2.35. The molecule has 0 amide bonds. The number of rotatable bonds is 5. The molecule has 5 heterocycles. The van der Waals surface area contributed by atoms with E-state index in [0.29, 0.717) is 36.4 Å². The van der Waals surface area contributed by atoms with Crippen molar-refractivity contribution in [3.8, 4) is 5.75 Å². The Morgan fingerprint density at radius 1 is 0.861 bits per heavy atom. The average molecular weight is 489 g/mol. The van der Waals surface area contributed by atoms with E-state index in [9.17, 15) is 14.7 Å². The standard InChI is InChI=1S/C28H32N4O4/c33-25-14-23(18-30-15-20-13-21(17-30)24-7-4-8-27(34)32(24)16-20)36-26(28(25)35)19-29-9-11-31(12-10-29)22-5-2-1-3-6-22/h1-8,14,20-21,35H,9-13,15-19H2. The van der Waals surface area contributed by atoms with E-state index in [0.717, 1.165) is 57.9 Å².